The van der Waals surface area contributed by atoms with Gasteiger partial charge in [-0.1, -0.05) is 0 Å². The van der Waals surface area contributed by atoms with E-state index in [-0.39, 0.29) is 42.0 Å². The Kier molecular flexibility index (Phi) is 5.51. The van der Waals surface area contributed by atoms with Gasteiger partial charge in [0.25, 0.3) is 5.56 Å². The average molecular weight is 386 g/mol. The number of nitrogens with zero attached hydrogens (tertiary/aromatic N) is 2. The van der Waals surface area contributed by atoms with E-state index in [1.807, 2.05) is 6.07 Å². The first-order valence-corrected chi connectivity index (χ1v) is 8.97. The third kappa shape index (κ3) is 3.92. The zero-order valence-electron chi connectivity index (χ0n) is 15.6. The molecule has 0 aliphatic carbocycles. The van der Waals surface area contributed by atoms with Gasteiger partial charge in [0.2, 0.25) is 12.5 Å². The molecule has 0 radical (unpaired) electrons. The van der Waals surface area contributed by atoms with Gasteiger partial charge in [-0.05, 0) is 37.6 Å². The summed E-state index contributed by atoms with van der Waals surface area (Å²) in [4.78, 5) is 39.3. The number of halogens is 1. The van der Waals surface area contributed by atoms with Gasteiger partial charge < -0.3 is 10.3 Å². The van der Waals surface area contributed by atoms with Crippen LogP contribution >= 0.6 is 0 Å². The number of aromatic nitrogens is 1. The predicted octanol–water partition coefficient (Wildman–Crippen LogP) is 0.871. The van der Waals surface area contributed by atoms with Crippen molar-refractivity contribution in [1.82, 2.24) is 15.6 Å². The van der Waals surface area contributed by atoms with E-state index in [0.717, 1.165) is 0 Å². The smallest absolute Gasteiger partial charge is 0.341 e. The molecule has 146 valence electrons. The van der Waals surface area contributed by atoms with E-state index in [1.54, 1.807) is 13.8 Å². The molecule has 1 aliphatic heterocycles. The number of nitroso groups, excluding NO2 is 1. The average Bonchev–Trinajstić information content (AvgIpc) is 2.65. The van der Waals surface area contributed by atoms with E-state index in [2.05, 4.69) is 15.6 Å². The number of hydrogen-bond donors (Lipinski definition) is 3. The second kappa shape index (κ2) is 7.86. The number of carbonyl (C=O) groups is 1. The van der Waals surface area contributed by atoms with Gasteiger partial charge >= 0.3 is 6.17 Å². The van der Waals surface area contributed by atoms with Gasteiger partial charge in [-0.3, -0.25) is 9.59 Å². The fourth-order valence-corrected chi connectivity index (χ4v) is 3.47. The zero-order valence-corrected chi connectivity index (χ0v) is 15.6. The van der Waals surface area contributed by atoms with Crippen LogP contribution < -0.4 is 16.2 Å². The van der Waals surface area contributed by atoms with Crippen LogP contribution in [-0.2, 0) is 11.2 Å². The molecule has 9 heteroatoms. The molecular weight excluding hydrogens is 365 g/mol. The Labute approximate surface area is 160 Å². The van der Waals surface area contributed by atoms with Crippen LogP contribution in [-0.4, -0.2) is 40.9 Å². The SMILES string of the molecule is Cc1c(CC(=O)N[C@H](C)C2CNC(C#N)[N+](=O)C2)c(=O)[nH]c2ccc(F)cc12. The van der Waals surface area contributed by atoms with Crippen LogP contribution in [0.3, 0.4) is 0 Å². The lowest BCUT2D eigenvalue weighted by molar-refractivity contribution is -0.594. The highest BCUT2D eigenvalue weighted by molar-refractivity contribution is 5.85. The largest absolute Gasteiger partial charge is 0.353 e. The van der Waals surface area contributed by atoms with Crippen LogP contribution in [0.4, 0.5) is 4.39 Å². The van der Waals surface area contributed by atoms with Crippen molar-refractivity contribution in [2.45, 2.75) is 32.5 Å². The highest BCUT2D eigenvalue weighted by Gasteiger charge is 2.37. The van der Waals surface area contributed by atoms with Crippen LogP contribution in [0, 0.1) is 34.9 Å². The quantitative estimate of drug-likeness (QED) is 0.674. The van der Waals surface area contributed by atoms with Crippen molar-refractivity contribution >= 4 is 16.8 Å². The summed E-state index contributed by atoms with van der Waals surface area (Å²) in [5.41, 5.74) is 0.959. The van der Waals surface area contributed by atoms with Gasteiger partial charge in [0.05, 0.1) is 12.3 Å². The lowest BCUT2D eigenvalue weighted by Gasteiger charge is -2.26. The van der Waals surface area contributed by atoms with Gasteiger partial charge in [-0.15, -0.1) is 0 Å². The van der Waals surface area contributed by atoms with Gasteiger partial charge in [-0.25, -0.2) is 9.71 Å². The summed E-state index contributed by atoms with van der Waals surface area (Å²) in [6, 6.07) is 5.62. The fraction of sp³-hybridized carbons (Fsp3) is 0.421. The van der Waals surface area contributed by atoms with Crippen LogP contribution in [0.15, 0.2) is 23.0 Å². The fourth-order valence-electron chi connectivity index (χ4n) is 3.47. The van der Waals surface area contributed by atoms with E-state index in [0.29, 0.717) is 27.8 Å². The minimum atomic E-state index is -0.877. The molecule has 1 aliphatic rings. The number of nitriles is 1. The van der Waals surface area contributed by atoms with E-state index in [4.69, 9.17) is 5.26 Å². The number of aromatic amines is 1. The number of hydrogen-bond acceptors (Lipinski definition) is 5. The highest BCUT2D eigenvalue weighted by Crippen LogP contribution is 2.19. The first-order chi connectivity index (χ1) is 13.3. The van der Waals surface area contributed by atoms with E-state index < -0.39 is 12.0 Å². The molecule has 3 atom stereocenters. The highest BCUT2D eigenvalue weighted by atomic mass is 19.1. The van der Waals surface area contributed by atoms with Crippen molar-refractivity contribution in [1.29, 1.82) is 5.26 Å². The molecule has 2 heterocycles. The number of rotatable bonds is 4. The second-order valence-corrected chi connectivity index (χ2v) is 7.08. The number of pyridine rings is 1. The number of carbonyl (C=O) groups excluding carboxylic acids is 1. The zero-order chi connectivity index (χ0) is 20.4. The van der Waals surface area contributed by atoms with Crippen LogP contribution in [0.5, 0.6) is 0 Å². The minimum absolute atomic E-state index is 0.127. The Balaban J connectivity index is 1.72. The van der Waals surface area contributed by atoms with Crippen molar-refractivity contribution in [3.63, 3.8) is 0 Å². The lowest BCUT2D eigenvalue weighted by Crippen LogP contribution is -2.54. The summed E-state index contributed by atoms with van der Waals surface area (Å²) in [6.45, 7) is 4.01. The molecule has 1 saturated heterocycles. The van der Waals surface area contributed by atoms with Crippen molar-refractivity contribution in [3.05, 3.63) is 50.4 Å². The molecule has 0 spiro atoms. The maximum Gasteiger partial charge on any atom is 0.341 e. The molecule has 1 aromatic carbocycles. The first-order valence-electron chi connectivity index (χ1n) is 8.97. The lowest BCUT2D eigenvalue weighted by atomic mass is 9.98. The number of amides is 1. The second-order valence-electron chi connectivity index (χ2n) is 7.08. The molecule has 28 heavy (non-hydrogen) atoms. The Bertz CT molecular complexity index is 1040. The summed E-state index contributed by atoms with van der Waals surface area (Å²) in [7, 11) is 0. The van der Waals surface area contributed by atoms with Gasteiger partial charge in [0.1, 0.15) is 5.82 Å². The molecule has 2 unspecified atom stereocenters. The van der Waals surface area contributed by atoms with Crippen molar-refractivity contribution in [2.24, 2.45) is 5.92 Å². The summed E-state index contributed by atoms with van der Waals surface area (Å²) in [6.07, 6.45) is -1.03. The summed E-state index contributed by atoms with van der Waals surface area (Å²) in [5, 5.41) is 15.1. The molecular formula is C19H21FN5O3+. The maximum atomic E-state index is 13.5. The molecule has 0 bridgehead atoms. The molecule has 1 aromatic heterocycles. The standard InChI is InChI=1S/C19H20FN5O3/c1-10-14-5-13(20)3-4-16(14)24-19(27)15(10)6-18(26)23-11(2)12-8-22-17(7-21)25(28)9-12/h3-5,11-12,17,22H,6,8-9H2,1-2H3,(H-,23,24,26,27)/p+1/t11-,12?,17?/m1/s1. The van der Waals surface area contributed by atoms with Crippen molar-refractivity contribution in [2.75, 3.05) is 13.1 Å². The van der Waals surface area contributed by atoms with E-state index in [1.165, 1.54) is 18.2 Å². The Hall–Kier alpha value is -3.12. The van der Waals surface area contributed by atoms with Crippen LogP contribution in [0.1, 0.15) is 18.1 Å². The topological polar surface area (TPSA) is 118 Å². The minimum Gasteiger partial charge on any atom is -0.353 e. The Morgan fingerprint density at radius 3 is 2.93 bits per heavy atom. The number of benzene rings is 1. The third-order valence-corrected chi connectivity index (χ3v) is 5.19. The molecule has 0 saturated carbocycles. The molecule has 3 N–H and O–H groups in total. The first kappa shape index (κ1) is 19.6. The maximum absolute atomic E-state index is 13.5. The molecule has 8 nitrogen and oxygen atoms in total. The van der Waals surface area contributed by atoms with Crippen LogP contribution in [0.2, 0.25) is 0 Å². The normalized spacial score (nSPS) is 20.6. The molecule has 1 amide bonds. The molecule has 2 aromatic rings. The number of nitrogens with one attached hydrogen (secondary N) is 3. The van der Waals surface area contributed by atoms with Crippen LogP contribution in [0.25, 0.3) is 10.9 Å². The number of fused-ring (bicyclic) bond motifs is 1. The van der Waals surface area contributed by atoms with Gasteiger partial charge in [0, 0.05) is 38.7 Å². The predicted molar refractivity (Wildman–Crippen MR) is 100.0 cm³/mol. The summed E-state index contributed by atoms with van der Waals surface area (Å²) in [5.74, 6) is -0.956. The Morgan fingerprint density at radius 2 is 2.25 bits per heavy atom. The number of H-pyrrole nitrogens is 1. The van der Waals surface area contributed by atoms with E-state index in [9.17, 15) is 18.9 Å². The number of aryl methyl sites for hydroxylation is 1. The van der Waals surface area contributed by atoms with Gasteiger partial charge in [0.15, 0.2) is 6.07 Å². The van der Waals surface area contributed by atoms with Gasteiger partial charge in [-0.2, -0.15) is 5.26 Å². The van der Waals surface area contributed by atoms with Crippen molar-refractivity contribution in [3.8, 4) is 6.07 Å². The van der Waals surface area contributed by atoms with E-state index >= 15 is 0 Å². The summed E-state index contributed by atoms with van der Waals surface area (Å²) >= 11 is 0. The third-order valence-electron chi connectivity index (χ3n) is 5.19. The summed E-state index contributed by atoms with van der Waals surface area (Å²) < 4.78 is 14.2. The monoisotopic (exact) mass is 386 g/mol. The molecule has 3 rings (SSSR count). The van der Waals surface area contributed by atoms with Crippen molar-refractivity contribution < 1.29 is 13.9 Å². The Morgan fingerprint density at radius 1 is 1.50 bits per heavy atom. The molecule has 1 fully saturated rings.